The van der Waals surface area contributed by atoms with Crippen LogP contribution in [0.2, 0.25) is 0 Å². The molecule has 0 heterocycles. The summed E-state index contributed by atoms with van der Waals surface area (Å²) in [5.74, 6) is 0. The van der Waals surface area contributed by atoms with Gasteiger partial charge in [0, 0.05) is 0 Å². The van der Waals surface area contributed by atoms with E-state index in [1.807, 2.05) is 6.08 Å². The van der Waals surface area contributed by atoms with E-state index in [0.29, 0.717) is 5.41 Å². The van der Waals surface area contributed by atoms with Crippen molar-refractivity contribution in [2.75, 3.05) is 0 Å². The van der Waals surface area contributed by atoms with Crippen LogP contribution in [0.1, 0.15) is 46.1 Å². The van der Waals surface area contributed by atoms with Gasteiger partial charge in [0.05, 0.1) is 0 Å². The van der Waals surface area contributed by atoms with Crippen molar-refractivity contribution in [3.63, 3.8) is 0 Å². The second-order valence-corrected chi connectivity index (χ2v) is 6.08. The molecule has 0 atom stereocenters. The average molecular weight is 216 g/mol. The zero-order valence-electron chi connectivity index (χ0n) is 11.1. The van der Waals surface area contributed by atoms with Crippen molar-refractivity contribution >= 4 is 0 Å². The van der Waals surface area contributed by atoms with Crippen LogP contribution >= 0.6 is 0 Å². The fourth-order valence-electron chi connectivity index (χ4n) is 2.65. The fourth-order valence-corrected chi connectivity index (χ4v) is 2.65. The van der Waals surface area contributed by atoms with E-state index in [1.165, 1.54) is 12.0 Å². The fraction of sp³-hybridized carbons (Fsp3) is 0.500. The molecule has 0 spiro atoms. The van der Waals surface area contributed by atoms with E-state index in [-0.39, 0.29) is 5.41 Å². The Hall–Kier alpha value is -1.04. The summed E-state index contributed by atoms with van der Waals surface area (Å²) >= 11 is 0. The molecule has 0 N–H and O–H groups in total. The topological polar surface area (TPSA) is 0 Å². The Morgan fingerprint density at radius 3 is 2.12 bits per heavy atom. The van der Waals surface area contributed by atoms with Crippen molar-refractivity contribution in [1.82, 2.24) is 0 Å². The molecule has 88 valence electrons. The summed E-state index contributed by atoms with van der Waals surface area (Å²) in [7, 11) is 0. The van der Waals surface area contributed by atoms with Crippen LogP contribution in [0.25, 0.3) is 0 Å². The Bertz CT molecular complexity index is 330. The lowest BCUT2D eigenvalue weighted by Gasteiger charge is -2.35. The highest BCUT2D eigenvalue weighted by Gasteiger charge is 2.29. The molecular weight excluding hydrogens is 192 g/mol. The monoisotopic (exact) mass is 216 g/mol. The number of hydrogen-bond donors (Lipinski definition) is 0. The van der Waals surface area contributed by atoms with Gasteiger partial charge >= 0.3 is 0 Å². The van der Waals surface area contributed by atoms with Crippen molar-refractivity contribution in [1.29, 1.82) is 0 Å². The SMILES string of the molecule is C=CCC(C)(C)CC(C)(C)c1ccccc1. The molecule has 16 heavy (non-hydrogen) atoms. The zero-order chi connectivity index (χ0) is 12.2. The first kappa shape index (κ1) is 13.0. The molecule has 0 aromatic heterocycles. The molecule has 0 amide bonds. The van der Waals surface area contributed by atoms with Gasteiger partial charge in [-0.1, -0.05) is 64.1 Å². The Morgan fingerprint density at radius 2 is 1.62 bits per heavy atom. The van der Waals surface area contributed by atoms with E-state index >= 15 is 0 Å². The van der Waals surface area contributed by atoms with E-state index < -0.39 is 0 Å². The second-order valence-electron chi connectivity index (χ2n) is 6.08. The smallest absolute Gasteiger partial charge is 0.00984 e. The van der Waals surface area contributed by atoms with Crippen molar-refractivity contribution in [2.45, 2.75) is 46.0 Å². The van der Waals surface area contributed by atoms with Gasteiger partial charge in [0.25, 0.3) is 0 Å². The first-order valence-electron chi connectivity index (χ1n) is 6.04. The minimum Gasteiger partial charge on any atom is -0.103 e. The van der Waals surface area contributed by atoms with E-state index in [9.17, 15) is 0 Å². The molecule has 0 aliphatic rings. The van der Waals surface area contributed by atoms with Gasteiger partial charge in [-0.25, -0.2) is 0 Å². The Labute approximate surface area is 100 Å². The van der Waals surface area contributed by atoms with Crippen LogP contribution in [0.3, 0.4) is 0 Å². The van der Waals surface area contributed by atoms with Gasteiger partial charge in [0.1, 0.15) is 0 Å². The number of hydrogen-bond acceptors (Lipinski definition) is 0. The van der Waals surface area contributed by atoms with Crippen LogP contribution < -0.4 is 0 Å². The number of benzene rings is 1. The van der Waals surface area contributed by atoms with Crippen LogP contribution in [0.5, 0.6) is 0 Å². The molecule has 0 unspecified atom stereocenters. The van der Waals surface area contributed by atoms with Crippen molar-refractivity contribution in [3.05, 3.63) is 48.6 Å². The number of allylic oxidation sites excluding steroid dienone is 1. The van der Waals surface area contributed by atoms with Gasteiger partial charge < -0.3 is 0 Å². The summed E-state index contributed by atoms with van der Waals surface area (Å²) in [4.78, 5) is 0. The van der Waals surface area contributed by atoms with Crippen LogP contribution in [0.15, 0.2) is 43.0 Å². The summed E-state index contributed by atoms with van der Waals surface area (Å²) in [6, 6.07) is 10.8. The molecule has 0 aliphatic carbocycles. The number of rotatable bonds is 5. The minimum absolute atomic E-state index is 0.230. The maximum atomic E-state index is 3.85. The molecule has 0 fully saturated rings. The molecule has 0 heteroatoms. The second kappa shape index (κ2) is 4.86. The van der Waals surface area contributed by atoms with Crippen molar-refractivity contribution in [3.8, 4) is 0 Å². The summed E-state index contributed by atoms with van der Waals surface area (Å²) < 4.78 is 0. The van der Waals surface area contributed by atoms with Gasteiger partial charge in [0.15, 0.2) is 0 Å². The van der Waals surface area contributed by atoms with Gasteiger partial charge in [-0.05, 0) is 29.2 Å². The van der Waals surface area contributed by atoms with Gasteiger partial charge in [-0.3, -0.25) is 0 Å². The van der Waals surface area contributed by atoms with E-state index in [1.54, 1.807) is 0 Å². The third kappa shape index (κ3) is 3.52. The highest BCUT2D eigenvalue weighted by atomic mass is 14.3. The predicted molar refractivity (Wildman–Crippen MR) is 72.7 cm³/mol. The van der Waals surface area contributed by atoms with E-state index in [2.05, 4.69) is 64.6 Å². The first-order chi connectivity index (χ1) is 7.37. The summed E-state index contributed by atoms with van der Waals surface area (Å²) in [6.45, 7) is 13.1. The standard InChI is InChI=1S/C16H24/c1-6-12-15(2,3)13-16(4,5)14-10-8-7-9-11-14/h6-11H,1,12-13H2,2-5H3. The van der Waals surface area contributed by atoms with Crippen LogP contribution in [-0.2, 0) is 5.41 Å². The molecule has 0 radical (unpaired) electrons. The average Bonchev–Trinajstić information content (AvgIpc) is 2.17. The maximum Gasteiger partial charge on any atom is -0.00984 e. The Balaban J connectivity index is 2.83. The summed E-state index contributed by atoms with van der Waals surface area (Å²) in [5.41, 5.74) is 1.97. The maximum absolute atomic E-state index is 3.85. The highest BCUT2D eigenvalue weighted by Crippen LogP contribution is 2.38. The summed E-state index contributed by atoms with van der Waals surface area (Å²) in [5, 5.41) is 0. The van der Waals surface area contributed by atoms with Gasteiger partial charge in [-0.15, -0.1) is 6.58 Å². The lowest BCUT2D eigenvalue weighted by atomic mass is 9.70. The third-order valence-corrected chi connectivity index (χ3v) is 3.17. The molecule has 0 nitrogen and oxygen atoms in total. The normalized spacial score (nSPS) is 12.5. The van der Waals surface area contributed by atoms with Crippen molar-refractivity contribution in [2.24, 2.45) is 5.41 Å². The molecule has 0 saturated heterocycles. The molecule has 1 aromatic rings. The van der Waals surface area contributed by atoms with Crippen LogP contribution in [0, 0.1) is 5.41 Å². The lowest BCUT2D eigenvalue weighted by Crippen LogP contribution is -2.26. The van der Waals surface area contributed by atoms with Crippen LogP contribution in [0.4, 0.5) is 0 Å². The molecular formula is C16H24. The third-order valence-electron chi connectivity index (χ3n) is 3.17. The van der Waals surface area contributed by atoms with Gasteiger partial charge in [0.2, 0.25) is 0 Å². The van der Waals surface area contributed by atoms with Crippen LogP contribution in [-0.4, -0.2) is 0 Å². The van der Waals surface area contributed by atoms with Gasteiger partial charge in [-0.2, -0.15) is 0 Å². The first-order valence-corrected chi connectivity index (χ1v) is 6.04. The van der Waals surface area contributed by atoms with E-state index in [0.717, 1.165) is 6.42 Å². The highest BCUT2D eigenvalue weighted by molar-refractivity contribution is 5.23. The van der Waals surface area contributed by atoms with Crippen molar-refractivity contribution < 1.29 is 0 Å². The zero-order valence-corrected chi connectivity index (χ0v) is 11.1. The predicted octanol–water partition coefficient (Wildman–Crippen LogP) is 4.96. The Kier molecular flexibility index (Phi) is 3.96. The molecule has 1 aromatic carbocycles. The quantitative estimate of drug-likeness (QED) is 0.610. The summed E-state index contributed by atoms with van der Waals surface area (Å²) in [6.07, 6.45) is 4.28. The molecule has 0 saturated carbocycles. The molecule has 0 bridgehead atoms. The minimum atomic E-state index is 0.230. The molecule has 0 aliphatic heterocycles. The lowest BCUT2D eigenvalue weighted by molar-refractivity contribution is 0.260. The van der Waals surface area contributed by atoms with E-state index in [4.69, 9.17) is 0 Å². The largest absolute Gasteiger partial charge is 0.103 e. The Morgan fingerprint density at radius 1 is 1.06 bits per heavy atom. The molecule has 1 rings (SSSR count).